The van der Waals surface area contributed by atoms with Crippen molar-refractivity contribution in [3.8, 4) is 0 Å². The topological polar surface area (TPSA) is 37.4 Å². The Kier molecular flexibility index (Phi) is 3.10. The van der Waals surface area contributed by atoms with Gasteiger partial charge in [0.05, 0.1) is 15.2 Å². The van der Waals surface area contributed by atoms with E-state index in [-0.39, 0.29) is 11.8 Å². The van der Waals surface area contributed by atoms with E-state index in [0.717, 1.165) is 4.90 Å². The van der Waals surface area contributed by atoms with Gasteiger partial charge >= 0.3 is 0 Å². The quantitative estimate of drug-likeness (QED) is 0.746. The van der Waals surface area contributed by atoms with Crippen LogP contribution < -0.4 is 4.90 Å². The van der Waals surface area contributed by atoms with Crippen LogP contribution in [-0.4, -0.2) is 11.8 Å². The van der Waals surface area contributed by atoms with E-state index in [4.69, 9.17) is 11.6 Å². The molecule has 1 aliphatic heterocycles. The fourth-order valence-corrected chi connectivity index (χ4v) is 2.24. The van der Waals surface area contributed by atoms with Gasteiger partial charge in [0.1, 0.15) is 0 Å². The first-order valence-corrected chi connectivity index (χ1v) is 6.12. The molecule has 1 aromatic rings. The summed E-state index contributed by atoms with van der Waals surface area (Å²) in [5, 5.41) is 0.463. The monoisotopic (exact) mass is 313 g/mol. The highest BCUT2D eigenvalue weighted by Crippen LogP contribution is 2.36. The summed E-state index contributed by atoms with van der Waals surface area (Å²) in [4.78, 5) is 25.1. The molecule has 0 radical (unpaired) electrons. The number of carbonyl (C=O) groups excluding carboxylic acids is 2. The standard InChI is InChI=1S/C12H9BrClNO2/c1-6-7(2)12(17)15(11(6)16)9-5-3-4-8(14)10(9)13/h3-5H,1-2H3. The lowest BCUT2D eigenvalue weighted by molar-refractivity contribution is -0.120. The molecule has 0 fully saturated rings. The molecular weight excluding hydrogens is 305 g/mol. The van der Waals surface area contributed by atoms with Crippen molar-refractivity contribution in [1.29, 1.82) is 0 Å². The molecule has 1 aromatic carbocycles. The highest BCUT2D eigenvalue weighted by atomic mass is 79.9. The highest BCUT2D eigenvalue weighted by molar-refractivity contribution is 9.10. The Morgan fingerprint density at radius 1 is 1.12 bits per heavy atom. The number of benzene rings is 1. The molecule has 1 aliphatic rings. The third kappa shape index (κ3) is 1.81. The second-order valence-corrected chi connectivity index (χ2v) is 4.97. The number of carbonyl (C=O) groups is 2. The normalized spacial score (nSPS) is 16.1. The molecule has 0 N–H and O–H groups in total. The molecule has 0 atom stereocenters. The third-order valence-corrected chi connectivity index (χ3v) is 4.16. The van der Waals surface area contributed by atoms with Gasteiger partial charge in [0.15, 0.2) is 0 Å². The summed E-state index contributed by atoms with van der Waals surface area (Å²) in [5.41, 5.74) is 1.42. The molecule has 0 aromatic heterocycles. The van der Waals surface area contributed by atoms with Gasteiger partial charge in [-0.25, -0.2) is 4.90 Å². The Bertz CT molecular complexity index is 542. The van der Waals surface area contributed by atoms with E-state index >= 15 is 0 Å². The van der Waals surface area contributed by atoms with Gasteiger partial charge in [-0.05, 0) is 41.9 Å². The fraction of sp³-hybridized carbons (Fsp3) is 0.167. The average molecular weight is 315 g/mol. The van der Waals surface area contributed by atoms with Crippen LogP contribution in [0.5, 0.6) is 0 Å². The van der Waals surface area contributed by atoms with Crippen LogP contribution in [0, 0.1) is 0 Å². The van der Waals surface area contributed by atoms with Crippen LogP contribution in [0.3, 0.4) is 0 Å². The smallest absolute Gasteiger partial charge is 0.261 e. The second kappa shape index (κ2) is 4.27. The minimum absolute atomic E-state index is 0.296. The van der Waals surface area contributed by atoms with Crippen molar-refractivity contribution in [2.45, 2.75) is 13.8 Å². The first kappa shape index (κ1) is 12.3. The highest BCUT2D eigenvalue weighted by Gasteiger charge is 2.35. The molecule has 0 bridgehead atoms. The third-order valence-electron chi connectivity index (χ3n) is 2.78. The van der Waals surface area contributed by atoms with Crippen LogP contribution in [0.4, 0.5) is 5.69 Å². The zero-order valence-corrected chi connectivity index (χ0v) is 11.6. The van der Waals surface area contributed by atoms with E-state index < -0.39 is 0 Å². The molecule has 0 saturated carbocycles. The van der Waals surface area contributed by atoms with E-state index in [1.54, 1.807) is 32.0 Å². The van der Waals surface area contributed by atoms with Crippen LogP contribution >= 0.6 is 27.5 Å². The number of hydrogen-bond acceptors (Lipinski definition) is 2. The van der Waals surface area contributed by atoms with E-state index in [9.17, 15) is 9.59 Å². The lowest BCUT2D eigenvalue weighted by Gasteiger charge is -2.17. The molecule has 0 unspecified atom stereocenters. The summed E-state index contributed by atoms with van der Waals surface area (Å²) < 4.78 is 0.547. The zero-order valence-electron chi connectivity index (χ0n) is 9.25. The van der Waals surface area contributed by atoms with Gasteiger partial charge in [-0.15, -0.1) is 0 Å². The van der Waals surface area contributed by atoms with E-state index in [1.165, 1.54) is 0 Å². The minimum Gasteiger partial charge on any atom is -0.269 e. The summed E-state index contributed by atoms with van der Waals surface area (Å²) in [6.45, 7) is 3.29. The Labute approximate surface area is 112 Å². The van der Waals surface area contributed by atoms with E-state index in [0.29, 0.717) is 26.3 Å². The number of nitrogens with zero attached hydrogens (tertiary/aromatic N) is 1. The summed E-state index contributed by atoms with van der Waals surface area (Å²) >= 11 is 9.24. The zero-order chi connectivity index (χ0) is 12.7. The van der Waals surface area contributed by atoms with Crippen LogP contribution in [0.25, 0.3) is 0 Å². The summed E-state index contributed by atoms with van der Waals surface area (Å²) in [6, 6.07) is 5.07. The van der Waals surface area contributed by atoms with Crippen LogP contribution in [0.15, 0.2) is 33.8 Å². The molecule has 0 spiro atoms. The van der Waals surface area contributed by atoms with Gasteiger partial charge in [-0.1, -0.05) is 17.7 Å². The summed E-state index contributed by atoms with van der Waals surface area (Å²) in [6.07, 6.45) is 0. The maximum absolute atomic E-state index is 12.0. The molecule has 88 valence electrons. The van der Waals surface area contributed by atoms with E-state index in [1.807, 2.05) is 0 Å². The van der Waals surface area contributed by atoms with Crippen molar-refractivity contribution >= 4 is 45.0 Å². The Morgan fingerprint density at radius 3 is 2.18 bits per heavy atom. The SMILES string of the molecule is CC1=C(C)C(=O)N(c2cccc(Cl)c2Br)C1=O. The number of imide groups is 1. The maximum atomic E-state index is 12.0. The summed E-state index contributed by atoms with van der Waals surface area (Å²) in [7, 11) is 0. The van der Waals surface area contributed by atoms with E-state index in [2.05, 4.69) is 15.9 Å². The van der Waals surface area contributed by atoms with Crippen LogP contribution in [-0.2, 0) is 9.59 Å². The lowest BCUT2D eigenvalue weighted by Crippen LogP contribution is -2.31. The summed E-state index contributed by atoms with van der Waals surface area (Å²) in [5.74, 6) is -0.592. The minimum atomic E-state index is -0.296. The molecule has 0 aliphatic carbocycles. The Morgan fingerprint density at radius 2 is 1.65 bits per heavy atom. The molecular formula is C12H9BrClNO2. The van der Waals surface area contributed by atoms with Crippen molar-refractivity contribution in [2.24, 2.45) is 0 Å². The van der Waals surface area contributed by atoms with Crippen molar-refractivity contribution < 1.29 is 9.59 Å². The predicted octanol–water partition coefficient (Wildman–Crippen LogP) is 3.31. The molecule has 17 heavy (non-hydrogen) atoms. The number of halogens is 2. The van der Waals surface area contributed by atoms with Crippen molar-refractivity contribution in [3.05, 3.63) is 38.8 Å². The molecule has 3 nitrogen and oxygen atoms in total. The van der Waals surface area contributed by atoms with Crippen molar-refractivity contribution in [3.63, 3.8) is 0 Å². The number of hydrogen-bond donors (Lipinski definition) is 0. The van der Waals surface area contributed by atoms with Crippen LogP contribution in [0.2, 0.25) is 5.02 Å². The molecule has 2 rings (SSSR count). The first-order chi connectivity index (χ1) is 7.95. The molecule has 5 heteroatoms. The molecule has 2 amide bonds. The Hall–Kier alpha value is -1.13. The van der Waals surface area contributed by atoms with Crippen molar-refractivity contribution in [1.82, 2.24) is 0 Å². The largest absolute Gasteiger partial charge is 0.269 e. The van der Waals surface area contributed by atoms with Crippen molar-refractivity contribution in [2.75, 3.05) is 4.90 Å². The first-order valence-electron chi connectivity index (χ1n) is 4.95. The maximum Gasteiger partial charge on any atom is 0.261 e. The lowest BCUT2D eigenvalue weighted by atomic mass is 10.2. The molecule has 1 heterocycles. The number of rotatable bonds is 1. The average Bonchev–Trinajstić information content (AvgIpc) is 2.49. The number of amides is 2. The number of anilines is 1. The van der Waals surface area contributed by atoms with Gasteiger partial charge in [-0.2, -0.15) is 0 Å². The second-order valence-electron chi connectivity index (χ2n) is 3.77. The van der Waals surface area contributed by atoms with Gasteiger partial charge in [0, 0.05) is 11.1 Å². The predicted molar refractivity (Wildman–Crippen MR) is 70.0 cm³/mol. The van der Waals surface area contributed by atoms with Gasteiger partial charge in [-0.3, -0.25) is 9.59 Å². The fourth-order valence-electron chi connectivity index (χ4n) is 1.63. The Balaban J connectivity index is 2.55. The van der Waals surface area contributed by atoms with Gasteiger partial charge in [0.2, 0.25) is 0 Å². The van der Waals surface area contributed by atoms with Gasteiger partial charge < -0.3 is 0 Å². The molecule has 0 saturated heterocycles. The van der Waals surface area contributed by atoms with Crippen LogP contribution in [0.1, 0.15) is 13.8 Å². The van der Waals surface area contributed by atoms with Gasteiger partial charge in [0.25, 0.3) is 11.8 Å².